The Hall–Kier alpha value is -4.82. The Morgan fingerprint density at radius 1 is 0.625 bits per heavy atom. The molecule has 2 saturated heterocycles. The predicted molar refractivity (Wildman–Crippen MR) is 229 cm³/mol. The molecule has 2 amide bonds. The van der Waals surface area contributed by atoms with Crippen LogP contribution in [0.4, 0.5) is 0 Å². The van der Waals surface area contributed by atoms with Gasteiger partial charge >= 0.3 is 23.9 Å². The standard InChI is InChI=1S/C46H61NO16Si/c1-26-27(2)43(53)47(42(26)52)36-39(56-23-33-20-16-13-17-21-33)37(34(24-54-22-32-18-14-12-15-19-32)60-44(36)63-64(10,11)46(7,8)9)62-45-41(59-31(6)51)40(58-30(5)50)38(57-29(4)49)35(61-45)25-55-28(3)48/h12-21,34-41,44-45H,22-25H2,1-11H3/t34-,35-,36-,37-,38+,39-,40+,41-,44+,45+/m1/s1. The number of amides is 2. The van der Waals surface area contributed by atoms with Gasteiger partial charge < -0.3 is 47.1 Å². The maximum atomic E-state index is 14.3. The Balaban J connectivity index is 1.71. The number of rotatable bonds is 17. The minimum absolute atomic E-state index is 0.0491. The van der Waals surface area contributed by atoms with Crippen LogP contribution in [0.15, 0.2) is 71.8 Å². The van der Waals surface area contributed by atoms with Gasteiger partial charge in [-0.05, 0) is 43.1 Å². The Morgan fingerprint density at radius 2 is 1.11 bits per heavy atom. The average Bonchev–Trinajstić information content (AvgIpc) is 3.40. The van der Waals surface area contributed by atoms with Gasteiger partial charge in [-0.1, -0.05) is 81.4 Å². The van der Waals surface area contributed by atoms with Crippen LogP contribution in [0.1, 0.15) is 73.4 Å². The SMILES string of the molecule is CC(=O)OC[C@H]1O[C@@H](O[C@H]2[C@H](OCc3ccccc3)[C@@H](N3C(=O)C(C)=C(C)C3=O)[C@H](O[Si](C)(C)C(C)(C)C)O[C@@H]2COCc2ccccc2)[C@H](OC(C)=O)[C@@H](OC(C)=O)[C@H]1OC(C)=O. The number of carbonyl (C=O) groups is 6. The van der Waals surface area contributed by atoms with E-state index in [-0.39, 0.29) is 36.0 Å². The summed E-state index contributed by atoms with van der Waals surface area (Å²) in [5, 5.41) is -0.370. The third-order valence-electron chi connectivity index (χ3n) is 11.7. The number of hydrogen-bond donors (Lipinski definition) is 0. The quantitative estimate of drug-likeness (QED) is 0.0881. The fourth-order valence-corrected chi connectivity index (χ4v) is 8.48. The molecule has 3 aliphatic rings. The Morgan fingerprint density at radius 3 is 1.62 bits per heavy atom. The van der Waals surface area contributed by atoms with Crippen molar-refractivity contribution in [1.82, 2.24) is 4.90 Å². The maximum absolute atomic E-state index is 14.3. The lowest BCUT2D eigenvalue weighted by atomic mass is 9.93. The second-order valence-corrected chi connectivity index (χ2v) is 22.3. The molecule has 10 atom stereocenters. The van der Waals surface area contributed by atoms with Gasteiger partial charge in [0.2, 0.25) is 0 Å². The number of carbonyl (C=O) groups excluding carboxylic acids is 6. The summed E-state index contributed by atoms with van der Waals surface area (Å²) in [5.41, 5.74) is 2.04. The summed E-state index contributed by atoms with van der Waals surface area (Å²) in [5.74, 6) is -4.35. The second-order valence-electron chi connectivity index (χ2n) is 17.6. The fourth-order valence-electron chi connectivity index (χ4n) is 7.35. The van der Waals surface area contributed by atoms with E-state index < -0.39 is 112 Å². The Labute approximate surface area is 375 Å². The zero-order valence-corrected chi connectivity index (χ0v) is 39.4. The van der Waals surface area contributed by atoms with Crippen LogP contribution in [-0.2, 0) is 89.0 Å². The highest BCUT2D eigenvalue weighted by Crippen LogP contribution is 2.43. The van der Waals surface area contributed by atoms with Gasteiger partial charge in [0.15, 0.2) is 39.2 Å². The van der Waals surface area contributed by atoms with Crippen LogP contribution in [0, 0.1) is 0 Å². The molecule has 2 fully saturated rings. The summed E-state index contributed by atoms with van der Waals surface area (Å²) >= 11 is 0. The number of benzene rings is 2. The zero-order valence-electron chi connectivity index (χ0n) is 38.4. The van der Waals surface area contributed by atoms with E-state index in [4.69, 9.17) is 47.1 Å². The third-order valence-corrected chi connectivity index (χ3v) is 16.1. The van der Waals surface area contributed by atoms with Crippen molar-refractivity contribution in [2.45, 2.75) is 155 Å². The first-order chi connectivity index (χ1) is 30.1. The summed E-state index contributed by atoms with van der Waals surface area (Å²) in [7, 11) is -2.80. The first kappa shape index (κ1) is 50.2. The average molecular weight is 912 g/mol. The van der Waals surface area contributed by atoms with Gasteiger partial charge in [-0.15, -0.1) is 0 Å². The predicted octanol–water partition coefficient (Wildman–Crippen LogP) is 5.08. The van der Waals surface area contributed by atoms with E-state index in [0.29, 0.717) is 0 Å². The summed E-state index contributed by atoms with van der Waals surface area (Å²) < 4.78 is 62.8. The highest BCUT2D eigenvalue weighted by atomic mass is 28.4. The van der Waals surface area contributed by atoms with Crippen molar-refractivity contribution in [1.29, 1.82) is 0 Å². The largest absolute Gasteiger partial charge is 0.463 e. The molecule has 350 valence electrons. The molecule has 3 aliphatic heterocycles. The Bertz CT molecular complexity index is 2000. The number of nitrogens with zero attached hydrogens (tertiary/aromatic N) is 1. The topological polar surface area (TPSA) is 198 Å². The molecule has 5 rings (SSSR count). The summed E-state index contributed by atoms with van der Waals surface area (Å²) in [4.78, 5) is 79.9. The molecule has 0 N–H and O–H groups in total. The van der Waals surface area contributed by atoms with Crippen LogP contribution in [0.5, 0.6) is 0 Å². The van der Waals surface area contributed by atoms with E-state index >= 15 is 0 Å². The van der Waals surface area contributed by atoms with Crippen molar-refractivity contribution < 1.29 is 75.8 Å². The molecule has 0 spiro atoms. The molecule has 0 aliphatic carbocycles. The minimum atomic E-state index is -2.80. The van der Waals surface area contributed by atoms with Crippen molar-refractivity contribution in [3.8, 4) is 0 Å². The van der Waals surface area contributed by atoms with Gasteiger partial charge in [0, 0.05) is 38.8 Å². The van der Waals surface area contributed by atoms with E-state index in [1.165, 1.54) is 6.92 Å². The monoisotopic (exact) mass is 911 g/mol. The molecule has 0 saturated carbocycles. The summed E-state index contributed by atoms with van der Waals surface area (Å²) in [6, 6.07) is 17.3. The van der Waals surface area contributed by atoms with Crippen LogP contribution in [0.25, 0.3) is 0 Å². The van der Waals surface area contributed by atoms with Gasteiger partial charge in [0.1, 0.15) is 37.1 Å². The number of esters is 4. The molecular formula is C46H61NO16Si. The molecule has 2 aromatic rings. The summed E-state index contributed by atoms with van der Waals surface area (Å²) in [6.45, 7) is 17.2. The summed E-state index contributed by atoms with van der Waals surface area (Å²) in [6.07, 6.45) is -12.7. The fraction of sp³-hybridized carbons (Fsp3) is 0.565. The third kappa shape index (κ3) is 12.3. The lowest BCUT2D eigenvalue weighted by molar-refractivity contribution is -0.353. The van der Waals surface area contributed by atoms with E-state index in [1.807, 2.05) is 94.5 Å². The van der Waals surface area contributed by atoms with Crippen molar-refractivity contribution in [2.75, 3.05) is 13.2 Å². The maximum Gasteiger partial charge on any atom is 0.303 e. The van der Waals surface area contributed by atoms with Crippen LogP contribution in [0.2, 0.25) is 18.1 Å². The number of hydrogen-bond acceptors (Lipinski definition) is 16. The number of ether oxygens (including phenoxy) is 9. The van der Waals surface area contributed by atoms with Gasteiger partial charge in [0.25, 0.3) is 11.8 Å². The first-order valence-electron chi connectivity index (χ1n) is 21.2. The minimum Gasteiger partial charge on any atom is -0.463 e. The molecule has 0 radical (unpaired) electrons. The van der Waals surface area contributed by atoms with Crippen molar-refractivity contribution in [3.63, 3.8) is 0 Å². The van der Waals surface area contributed by atoms with E-state index in [1.54, 1.807) is 13.8 Å². The molecule has 0 aromatic heterocycles. The van der Waals surface area contributed by atoms with Crippen LogP contribution in [-0.4, -0.2) is 123 Å². The smallest absolute Gasteiger partial charge is 0.303 e. The molecule has 2 aromatic carbocycles. The molecule has 17 nitrogen and oxygen atoms in total. The molecule has 0 bridgehead atoms. The first-order valence-corrected chi connectivity index (χ1v) is 24.1. The van der Waals surface area contributed by atoms with Crippen molar-refractivity contribution in [2.24, 2.45) is 0 Å². The van der Waals surface area contributed by atoms with Crippen molar-refractivity contribution in [3.05, 3.63) is 82.9 Å². The van der Waals surface area contributed by atoms with Gasteiger partial charge in [0.05, 0.1) is 19.8 Å². The number of imide groups is 1. The van der Waals surface area contributed by atoms with Crippen LogP contribution >= 0.6 is 0 Å². The zero-order chi connectivity index (χ0) is 47.1. The highest BCUT2D eigenvalue weighted by Gasteiger charge is 2.60. The second kappa shape index (κ2) is 21.4. The van der Waals surface area contributed by atoms with E-state index in [2.05, 4.69) is 0 Å². The normalized spacial score (nSPS) is 27.6. The lowest BCUT2D eigenvalue weighted by Gasteiger charge is -2.52. The van der Waals surface area contributed by atoms with Crippen molar-refractivity contribution >= 4 is 44.0 Å². The van der Waals surface area contributed by atoms with E-state index in [0.717, 1.165) is 36.8 Å². The van der Waals surface area contributed by atoms with Gasteiger partial charge in [-0.3, -0.25) is 33.7 Å². The highest BCUT2D eigenvalue weighted by molar-refractivity contribution is 6.74. The van der Waals surface area contributed by atoms with Crippen LogP contribution < -0.4 is 0 Å². The van der Waals surface area contributed by atoms with Crippen LogP contribution in [0.3, 0.4) is 0 Å². The molecular weight excluding hydrogens is 851 g/mol. The molecule has 3 heterocycles. The van der Waals surface area contributed by atoms with Gasteiger partial charge in [-0.2, -0.15) is 0 Å². The van der Waals surface area contributed by atoms with E-state index in [9.17, 15) is 28.8 Å². The van der Waals surface area contributed by atoms with Gasteiger partial charge in [-0.25, -0.2) is 0 Å². The molecule has 64 heavy (non-hydrogen) atoms. The molecule has 0 unspecified atom stereocenters. The Kier molecular flexibility index (Phi) is 16.8. The lowest BCUT2D eigenvalue weighted by Crippen LogP contribution is -2.70. The molecule has 18 heteroatoms.